The van der Waals surface area contributed by atoms with Crippen molar-refractivity contribution in [3.63, 3.8) is 0 Å². The summed E-state index contributed by atoms with van der Waals surface area (Å²) in [6.45, 7) is 0. The zero-order valence-electron chi connectivity index (χ0n) is 19.4. The fraction of sp³-hybridized carbons (Fsp3) is 0.346. The van der Waals surface area contributed by atoms with Crippen LogP contribution in [0.5, 0.6) is 0 Å². The zero-order valence-corrected chi connectivity index (χ0v) is 19.4. The van der Waals surface area contributed by atoms with Gasteiger partial charge in [-0.3, -0.25) is 10.2 Å². The standard InChI is InChI=1S/C26H30N4O4/c1-30-21(13-16-7-9-17(10-8-16)23(27)28)15-18-14-20(11-12-22(18)30)29-24(31)26(34-2,25(32)33)19-5-3-4-6-19/h7-12,14-15,19H,3-6,13H2,1-2H3,(H3,27,28)(H,29,31)(H,32,33). The molecule has 3 aromatic rings. The van der Waals surface area contributed by atoms with Crippen molar-refractivity contribution in [1.82, 2.24) is 4.57 Å². The minimum Gasteiger partial charge on any atom is -0.479 e. The lowest BCUT2D eigenvalue weighted by atomic mass is 9.84. The van der Waals surface area contributed by atoms with Crippen molar-refractivity contribution < 1.29 is 19.4 Å². The number of rotatable bonds is 8. The summed E-state index contributed by atoms with van der Waals surface area (Å²) in [4.78, 5) is 25.3. The second-order valence-electron chi connectivity index (χ2n) is 8.94. The first-order valence-electron chi connectivity index (χ1n) is 11.4. The van der Waals surface area contributed by atoms with Gasteiger partial charge in [-0.05, 0) is 42.7 Å². The molecule has 0 spiro atoms. The summed E-state index contributed by atoms with van der Waals surface area (Å²) >= 11 is 0. The van der Waals surface area contributed by atoms with E-state index in [4.69, 9.17) is 15.9 Å². The first kappa shape index (κ1) is 23.5. The van der Waals surface area contributed by atoms with Gasteiger partial charge in [-0.1, -0.05) is 37.1 Å². The number of methoxy groups -OCH3 is 1. The third kappa shape index (κ3) is 4.17. The lowest BCUT2D eigenvalue weighted by molar-refractivity contribution is -0.174. The van der Waals surface area contributed by atoms with Crippen molar-refractivity contribution in [2.24, 2.45) is 18.7 Å². The van der Waals surface area contributed by atoms with Crippen LogP contribution in [-0.4, -0.2) is 40.1 Å². The van der Waals surface area contributed by atoms with E-state index >= 15 is 0 Å². The van der Waals surface area contributed by atoms with Crippen LogP contribution in [0.15, 0.2) is 48.5 Å². The Labute approximate surface area is 198 Å². The van der Waals surface area contributed by atoms with Crippen LogP contribution < -0.4 is 11.1 Å². The van der Waals surface area contributed by atoms with Gasteiger partial charge < -0.3 is 25.5 Å². The van der Waals surface area contributed by atoms with Crippen molar-refractivity contribution in [3.8, 4) is 0 Å². The molecule has 34 heavy (non-hydrogen) atoms. The van der Waals surface area contributed by atoms with Crippen molar-refractivity contribution in [2.75, 3.05) is 12.4 Å². The number of nitrogens with zero attached hydrogens (tertiary/aromatic N) is 1. The Kier molecular flexibility index (Phi) is 6.43. The fourth-order valence-corrected chi connectivity index (χ4v) is 5.03. The number of ether oxygens (including phenoxy) is 1. The Hall–Kier alpha value is -3.65. The van der Waals surface area contributed by atoms with E-state index in [0.717, 1.165) is 35.0 Å². The van der Waals surface area contributed by atoms with E-state index in [1.165, 1.54) is 7.11 Å². The smallest absolute Gasteiger partial charge is 0.346 e. The molecular weight excluding hydrogens is 432 g/mol. The van der Waals surface area contributed by atoms with E-state index in [1.54, 1.807) is 6.07 Å². The summed E-state index contributed by atoms with van der Waals surface area (Å²) in [7, 11) is 3.28. The molecule has 8 nitrogen and oxygen atoms in total. The van der Waals surface area contributed by atoms with Gasteiger partial charge >= 0.3 is 5.97 Å². The number of hydrogen-bond donors (Lipinski definition) is 4. The highest BCUT2D eigenvalue weighted by Gasteiger charge is 2.54. The summed E-state index contributed by atoms with van der Waals surface area (Å²) in [5.41, 5.74) is 8.03. The molecule has 1 amide bonds. The number of amidine groups is 1. The third-order valence-corrected chi connectivity index (χ3v) is 6.96. The second-order valence-corrected chi connectivity index (χ2v) is 8.94. The summed E-state index contributed by atoms with van der Waals surface area (Å²) in [6, 6.07) is 15.2. The number of benzene rings is 2. The monoisotopic (exact) mass is 462 g/mol. The number of hydrogen-bond acceptors (Lipinski definition) is 4. The average Bonchev–Trinajstić information content (AvgIpc) is 3.44. The van der Waals surface area contributed by atoms with Gasteiger partial charge in [0.1, 0.15) is 5.84 Å². The van der Waals surface area contributed by atoms with Crippen molar-refractivity contribution >= 4 is 34.3 Å². The summed E-state index contributed by atoms with van der Waals surface area (Å²) in [6.07, 6.45) is 3.79. The van der Waals surface area contributed by atoms with Crippen molar-refractivity contribution in [2.45, 2.75) is 37.7 Å². The van der Waals surface area contributed by atoms with E-state index in [9.17, 15) is 14.7 Å². The summed E-state index contributed by atoms with van der Waals surface area (Å²) in [5.74, 6) is -2.20. The molecule has 8 heteroatoms. The van der Waals surface area contributed by atoms with E-state index in [-0.39, 0.29) is 11.8 Å². The predicted molar refractivity (Wildman–Crippen MR) is 131 cm³/mol. The number of carbonyl (C=O) groups excluding carboxylic acids is 1. The number of carboxylic acids is 1. The number of fused-ring (bicyclic) bond motifs is 1. The van der Waals surface area contributed by atoms with Gasteiger partial charge in [0.2, 0.25) is 5.60 Å². The zero-order chi connectivity index (χ0) is 24.5. The van der Waals surface area contributed by atoms with E-state index in [2.05, 4.69) is 16.0 Å². The Bertz CT molecular complexity index is 1240. The number of anilines is 1. The maximum absolute atomic E-state index is 13.2. The number of carbonyl (C=O) groups is 2. The molecule has 1 aliphatic rings. The first-order valence-corrected chi connectivity index (χ1v) is 11.4. The number of aryl methyl sites for hydroxylation is 1. The lowest BCUT2D eigenvalue weighted by Crippen LogP contribution is -2.56. The van der Waals surface area contributed by atoms with Crippen molar-refractivity contribution in [3.05, 3.63) is 65.4 Å². The molecule has 2 aromatic carbocycles. The molecule has 0 radical (unpaired) electrons. The number of aliphatic carboxylic acids is 1. The third-order valence-electron chi connectivity index (χ3n) is 6.96. The molecule has 1 unspecified atom stereocenters. The SMILES string of the molecule is COC(C(=O)O)(C(=O)Nc1ccc2c(c1)cc(Cc1ccc(C(=N)N)cc1)n2C)C1CCCC1. The molecule has 1 saturated carbocycles. The van der Waals surface area contributed by atoms with E-state index in [1.807, 2.05) is 43.4 Å². The van der Waals surface area contributed by atoms with Crippen molar-refractivity contribution in [1.29, 1.82) is 5.41 Å². The maximum Gasteiger partial charge on any atom is 0.346 e. The van der Waals surface area contributed by atoms with E-state index < -0.39 is 17.5 Å². The molecule has 1 aliphatic carbocycles. The van der Waals surface area contributed by atoms with Crippen LogP contribution in [0.2, 0.25) is 0 Å². The Balaban J connectivity index is 1.58. The first-order chi connectivity index (χ1) is 16.3. The Morgan fingerprint density at radius 3 is 2.44 bits per heavy atom. The Morgan fingerprint density at radius 2 is 1.85 bits per heavy atom. The van der Waals surface area contributed by atoms with E-state index in [0.29, 0.717) is 30.5 Å². The summed E-state index contributed by atoms with van der Waals surface area (Å²) < 4.78 is 7.47. The van der Waals surface area contributed by atoms with Crippen LogP contribution in [-0.2, 0) is 27.8 Å². The molecule has 1 heterocycles. The molecule has 5 N–H and O–H groups in total. The van der Waals surface area contributed by atoms with Crippen LogP contribution in [0.3, 0.4) is 0 Å². The van der Waals surface area contributed by atoms with Gasteiger partial charge in [0.05, 0.1) is 0 Å². The lowest BCUT2D eigenvalue weighted by Gasteiger charge is -2.32. The molecular formula is C26H30N4O4. The average molecular weight is 463 g/mol. The summed E-state index contributed by atoms with van der Waals surface area (Å²) in [5, 5.41) is 21.2. The highest BCUT2D eigenvalue weighted by Crippen LogP contribution is 2.37. The normalized spacial score (nSPS) is 15.8. The van der Waals surface area contributed by atoms with Crippen LogP contribution in [0, 0.1) is 11.3 Å². The Morgan fingerprint density at radius 1 is 1.18 bits per heavy atom. The number of nitrogens with one attached hydrogen (secondary N) is 2. The molecule has 1 aromatic heterocycles. The number of carboxylic acid groups (broad SMARTS) is 1. The minimum absolute atomic E-state index is 0.0408. The highest BCUT2D eigenvalue weighted by atomic mass is 16.5. The van der Waals surface area contributed by atoms with Crippen LogP contribution in [0.1, 0.15) is 42.5 Å². The molecule has 0 saturated heterocycles. The number of nitrogen functional groups attached to an aromatic ring is 1. The topological polar surface area (TPSA) is 130 Å². The second kappa shape index (κ2) is 9.30. The quantitative estimate of drug-likeness (QED) is 0.231. The van der Waals surface area contributed by atoms with Gasteiger partial charge in [-0.15, -0.1) is 0 Å². The maximum atomic E-state index is 13.2. The minimum atomic E-state index is -1.89. The molecule has 0 bridgehead atoms. The van der Waals surface area contributed by atoms with Gasteiger partial charge in [-0.25, -0.2) is 4.79 Å². The van der Waals surface area contributed by atoms with Gasteiger partial charge in [-0.2, -0.15) is 0 Å². The van der Waals surface area contributed by atoms with Gasteiger partial charge in [0.15, 0.2) is 0 Å². The number of aromatic nitrogens is 1. The molecule has 178 valence electrons. The van der Waals surface area contributed by atoms with Crippen LogP contribution >= 0.6 is 0 Å². The van der Waals surface area contributed by atoms with Crippen LogP contribution in [0.4, 0.5) is 5.69 Å². The largest absolute Gasteiger partial charge is 0.479 e. The van der Waals surface area contributed by atoms with Crippen LogP contribution in [0.25, 0.3) is 10.9 Å². The van der Waals surface area contributed by atoms with Gasteiger partial charge in [0.25, 0.3) is 5.91 Å². The highest BCUT2D eigenvalue weighted by molar-refractivity contribution is 6.12. The number of amides is 1. The predicted octanol–water partition coefficient (Wildman–Crippen LogP) is 3.65. The molecule has 4 rings (SSSR count). The molecule has 1 atom stereocenters. The number of nitrogens with two attached hydrogens (primary N) is 1. The molecule has 0 aliphatic heterocycles. The van der Waals surface area contributed by atoms with Gasteiger partial charge in [0, 0.05) is 54.3 Å². The fourth-order valence-electron chi connectivity index (χ4n) is 5.03. The molecule has 1 fully saturated rings.